The number of ether oxygens (including phenoxy) is 2. The van der Waals surface area contributed by atoms with Gasteiger partial charge in [0.1, 0.15) is 11.5 Å². The Morgan fingerprint density at radius 3 is 2.50 bits per heavy atom. The molecular weight excluding hydrogens is 282 g/mol. The number of hydrogen-bond acceptors (Lipinski definition) is 4. The molecule has 0 amide bonds. The summed E-state index contributed by atoms with van der Waals surface area (Å²) < 4.78 is 10.8. The average Bonchev–Trinajstić information content (AvgIpc) is 2.55. The molecule has 22 heavy (non-hydrogen) atoms. The molecule has 0 aliphatic carbocycles. The third-order valence-corrected chi connectivity index (χ3v) is 3.33. The number of nitro benzene ring substituents is 1. The summed E-state index contributed by atoms with van der Waals surface area (Å²) in [5.74, 6) is 1.17. The van der Waals surface area contributed by atoms with Gasteiger partial charge in [-0.3, -0.25) is 10.1 Å². The van der Waals surface area contributed by atoms with Crippen LogP contribution in [0.1, 0.15) is 0 Å². The van der Waals surface area contributed by atoms with Gasteiger partial charge < -0.3 is 9.47 Å². The molecule has 3 aromatic carbocycles. The van der Waals surface area contributed by atoms with Crippen LogP contribution in [0.5, 0.6) is 17.2 Å². The maximum Gasteiger partial charge on any atom is 0.315 e. The van der Waals surface area contributed by atoms with Gasteiger partial charge in [0.15, 0.2) is 0 Å². The van der Waals surface area contributed by atoms with Crippen molar-refractivity contribution < 1.29 is 14.4 Å². The fourth-order valence-corrected chi connectivity index (χ4v) is 2.26. The van der Waals surface area contributed by atoms with E-state index in [0.717, 1.165) is 10.8 Å². The lowest BCUT2D eigenvalue weighted by atomic mass is 10.1. The first-order chi connectivity index (χ1) is 10.7. The fraction of sp³-hybridized carbons (Fsp3) is 0.0588. The van der Waals surface area contributed by atoms with E-state index in [1.807, 2.05) is 36.4 Å². The highest BCUT2D eigenvalue weighted by atomic mass is 16.6. The van der Waals surface area contributed by atoms with Crippen molar-refractivity contribution in [1.82, 2.24) is 0 Å². The highest BCUT2D eigenvalue weighted by molar-refractivity contribution is 5.88. The predicted molar refractivity (Wildman–Crippen MR) is 83.7 cm³/mol. The molecule has 110 valence electrons. The molecule has 0 N–H and O–H groups in total. The van der Waals surface area contributed by atoms with Gasteiger partial charge in [0.2, 0.25) is 5.75 Å². The minimum atomic E-state index is -0.483. The Hall–Kier alpha value is -3.08. The second-order valence-corrected chi connectivity index (χ2v) is 4.67. The molecule has 5 heteroatoms. The van der Waals surface area contributed by atoms with E-state index >= 15 is 0 Å². The van der Waals surface area contributed by atoms with Crippen molar-refractivity contribution >= 4 is 16.5 Å². The summed E-state index contributed by atoms with van der Waals surface area (Å²) in [4.78, 5) is 10.7. The number of benzene rings is 3. The Kier molecular flexibility index (Phi) is 3.62. The number of fused-ring (bicyclic) bond motifs is 1. The minimum absolute atomic E-state index is 0.132. The van der Waals surface area contributed by atoms with E-state index in [1.165, 1.54) is 13.2 Å². The van der Waals surface area contributed by atoms with Crippen molar-refractivity contribution in [3.05, 3.63) is 70.8 Å². The molecule has 0 fully saturated rings. The molecule has 0 heterocycles. The molecule has 0 bridgehead atoms. The van der Waals surface area contributed by atoms with Crippen LogP contribution in [0.15, 0.2) is 60.7 Å². The molecule has 0 saturated heterocycles. The van der Waals surface area contributed by atoms with Crippen LogP contribution in [0, 0.1) is 10.1 Å². The monoisotopic (exact) mass is 295 g/mol. The first kappa shape index (κ1) is 13.9. The second-order valence-electron chi connectivity index (χ2n) is 4.67. The Morgan fingerprint density at radius 1 is 0.955 bits per heavy atom. The first-order valence-electron chi connectivity index (χ1n) is 6.67. The molecule has 0 aromatic heterocycles. The van der Waals surface area contributed by atoms with E-state index in [1.54, 1.807) is 18.2 Å². The first-order valence-corrected chi connectivity index (χ1v) is 6.67. The number of nitro groups is 1. The zero-order valence-corrected chi connectivity index (χ0v) is 11.9. The largest absolute Gasteiger partial charge is 0.496 e. The van der Waals surface area contributed by atoms with Crippen LogP contribution < -0.4 is 9.47 Å². The van der Waals surface area contributed by atoms with E-state index in [-0.39, 0.29) is 11.4 Å². The SMILES string of the molecule is COc1ccc(Oc2cccc3ccccc23)c([N+](=O)[O-])c1. The second kappa shape index (κ2) is 5.73. The van der Waals surface area contributed by atoms with E-state index < -0.39 is 4.92 Å². The van der Waals surface area contributed by atoms with Gasteiger partial charge in [0, 0.05) is 5.39 Å². The quantitative estimate of drug-likeness (QED) is 0.523. The summed E-state index contributed by atoms with van der Waals surface area (Å²) in [6.07, 6.45) is 0. The van der Waals surface area contributed by atoms with Crippen LogP contribution in [0.2, 0.25) is 0 Å². The summed E-state index contributed by atoms with van der Waals surface area (Å²) in [5.41, 5.74) is -0.132. The average molecular weight is 295 g/mol. The fourth-order valence-electron chi connectivity index (χ4n) is 2.26. The Bertz CT molecular complexity index is 840. The maximum atomic E-state index is 11.2. The Morgan fingerprint density at radius 2 is 1.73 bits per heavy atom. The van der Waals surface area contributed by atoms with Gasteiger partial charge in [0.25, 0.3) is 0 Å². The molecule has 0 unspecified atom stereocenters. The van der Waals surface area contributed by atoms with Crippen molar-refractivity contribution in [2.45, 2.75) is 0 Å². The zero-order valence-electron chi connectivity index (χ0n) is 11.9. The van der Waals surface area contributed by atoms with Crippen LogP contribution in [0.3, 0.4) is 0 Å². The van der Waals surface area contributed by atoms with Crippen molar-refractivity contribution in [2.24, 2.45) is 0 Å². The van der Waals surface area contributed by atoms with Gasteiger partial charge in [-0.25, -0.2) is 0 Å². The number of hydrogen-bond donors (Lipinski definition) is 0. The molecule has 0 aliphatic heterocycles. The van der Waals surface area contributed by atoms with Gasteiger partial charge in [-0.15, -0.1) is 0 Å². The van der Waals surface area contributed by atoms with E-state index in [4.69, 9.17) is 9.47 Å². The lowest BCUT2D eigenvalue weighted by molar-refractivity contribution is -0.385. The number of rotatable bonds is 4. The third kappa shape index (κ3) is 2.56. The van der Waals surface area contributed by atoms with E-state index in [0.29, 0.717) is 11.5 Å². The lowest BCUT2D eigenvalue weighted by Crippen LogP contribution is -1.95. The van der Waals surface area contributed by atoms with E-state index in [2.05, 4.69) is 0 Å². The highest BCUT2D eigenvalue weighted by Gasteiger charge is 2.18. The van der Waals surface area contributed by atoms with Crippen molar-refractivity contribution in [3.8, 4) is 17.2 Å². The lowest BCUT2D eigenvalue weighted by Gasteiger charge is -2.10. The zero-order chi connectivity index (χ0) is 15.5. The molecular formula is C17H13NO4. The number of nitrogens with zero attached hydrogens (tertiary/aromatic N) is 1. The van der Waals surface area contributed by atoms with Crippen molar-refractivity contribution in [2.75, 3.05) is 7.11 Å². The minimum Gasteiger partial charge on any atom is -0.496 e. The molecule has 0 saturated carbocycles. The Balaban J connectivity index is 2.07. The van der Waals surface area contributed by atoms with Crippen LogP contribution >= 0.6 is 0 Å². The highest BCUT2D eigenvalue weighted by Crippen LogP contribution is 2.36. The van der Waals surface area contributed by atoms with Gasteiger partial charge in [0.05, 0.1) is 18.1 Å². The summed E-state index contributed by atoms with van der Waals surface area (Å²) in [5, 5.41) is 13.1. The summed E-state index contributed by atoms with van der Waals surface area (Å²) >= 11 is 0. The molecule has 5 nitrogen and oxygen atoms in total. The molecule has 0 spiro atoms. The third-order valence-electron chi connectivity index (χ3n) is 3.33. The van der Waals surface area contributed by atoms with Gasteiger partial charge >= 0.3 is 5.69 Å². The van der Waals surface area contributed by atoms with Crippen LogP contribution in [0.25, 0.3) is 10.8 Å². The standard InChI is InChI=1S/C17H13NO4/c1-21-13-9-10-17(15(11-13)18(19)20)22-16-8-4-6-12-5-2-3-7-14(12)16/h2-11H,1H3. The molecule has 0 radical (unpaired) electrons. The molecule has 0 atom stereocenters. The summed E-state index contributed by atoms with van der Waals surface area (Å²) in [6.45, 7) is 0. The Labute approximate surface area is 126 Å². The van der Waals surface area contributed by atoms with Crippen LogP contribution in [-0.2, 0) is 0 Å². The predicted octanol–water partition coefficient (Wildman–Crippen LogP) is 4.55. The smallest absolute Gasteiger partial charge is 0.315 e. The van der Waals surface area contributed by atoms with Crippen molar-refractivity contribution in [1.29, 1.82) is 0 Å². The van der Waals surface area contributed by atoms with Gasteiger partial charge in [-0.1, -0.05) is 36.4 Å². The summed E-state index contributed by atoms with van der Waals surface area (Å²) in [6, 6.07) is 17.8. The van der Waals surface area contributed by atoms with E-state index in [9.17, 15) is 10.1 Å². The molecule has 0 aliphatic rings. The maximum absolute atomic E-state index is 11.2. The van der Waals surface area contributed by atoms with Crippen LogP contribution in [-0.4, -0.2) is 12.0 Å². The normalized spacial score (nSPS) is 10.4. The van der Waals surface area contributed by atoms with Crippen LogP contribution in [0.4, 0.5) is 5.69 Å². The number of methoxy groups -OCH3 is 1. The van der Waals surface area contributed by atoms with Gasteiger partial charge in [-0.05, 0) is 23.6 Å². The summed E-state index contributed by atoms with van der Waals surface area (Å²) in [7, 11) is 1.46. The topological polar surface area (TPSA) is 61.6 Å². The van der Waals surface area contributed by atoms with Gasteiger partial charge in [-0.2, -0.15) is 0 Å². The van der Waals surface area contributed by atoms with Crippen molar-refractivity contribution in [3.63, 3.8) is 0 Å². The molecule has 3 aromatic rings. The molecule has 3 rings (SSSR count).